The van der Waals surface area contributed by atoms with Crippen LogP contribution in [-0.2, 0) is 4.79 Å². The highest BCUT2D eigenvalue weighted by atomic mass is 16.5. The van der Waals surface area contributed by atoms with Gasteiger partial charge in [0.15, 0.2) is 0 Å². The van der Waals surface area contributed by atoms with Gasteiger partial charge in [-0.2, -0.15) is 0 Å². The lowest BCUT2D eigenvalue weighted by atomic mass is 10.2. The molecule has 6 nitrogen and oxygen atoms in total. The fourth-order valence-electron chi connectivity index (χ4n) is 3.05. The Morgan fingerprint density at radius 2 is 1.70 bits per heavy atom. The first-order valence-corrected chi connectivity index (χ1v) is 9.20. The van der Waals surface area contributed by atoms with E-state index in [1.165, 1.54) is 9.80 Å². The summed E-state index contributed by atoms with van der Waals surface area (Å²) in [7, 11) is 3.79. The quantitative estimate of drug-likeness (QED) is 0.854. The van der Waals surface area contributed by atoms with Gasteiger partial charge in [0.1, 0.15) is 11.5 Å². The van der Waals surface area contributed by atoms with Crippen molar-refractivity contribution in [3.8, 4) is 11.5 Å². The maximum atomic E-state index is 12.7. The zero-order valence-electron chi connectivity index (χ0n) is 15.9. The van der Waals surface area contributed by atoms with Crippen molar-refractivity contribution in [3.05, 3.63) is 60.2 Å². The summed E-state index contributed by atoms with van der Waals surface area (Å²) < 4.78 is 5.79. The summed E-state index contributed by atoms with van der Waals surface area (Å²) >= 11 is 0. The molecule has 0 aromatic heterocycles. The molecule has 0 atom stereocenters. The zero-order valence-corrected chi connectivity index (χ0v) is 15.9. The average molecular weight is 368 g/mol. The van der Waals surface area contributed by atoms with Gasteiger partial charge in [0.25, 0.3) is 5.91 Å². The average Bonchev–Trinajstić information content (AvgIpc) is 2.69. The van der Waals surface area contributed by atoms with Crippen molar-refractivity contribution in [3.63, 3.8) is 0 Å². The molecule has 2 aromatic rings. The number of amides is 2. The number of hydrogen-bond donors (Lipinski definition) is 1. The summed E-state index contributed by atoms with van der Waals surface area (Å²) in [5.74, 6) is 1.10. The summed E-state index contributed by atoms with van der Waals surface area (Å²) in [5.41, 5.74) is 0.501. The number of carbonyl (C=O) groups is 2. The molecule has 1 aliphatic heterocycles. The molecule has 0 unspecified atom stereocenters. The van der Waals surface area contributed by atoms with Crippen LogP contribution in [0.15, 0.2) is 54.6 Å². The lowest BCUT2D eigenvalue weighted by Crippen LogP contribution is -3.12. The lowest BCUT2D eigenvalue weighted by molar-refractivity contribution is -0.883. The summed E-state index contributed by atoms with van der Waals surface area (Å²) in [6.45, 7) is 3.46. The van der Waals surface area contributed by atoms with Crippen LogP contribution in [0.25, 0.3) is 0 Å². The Kier molecular flexibility index (Phi) is 6.08. The molecule has 0 aliphatic carbocycles. The first-order valence-electron chi connectivity index (χ1n) is 9.20. The SMILES string of the molecule is CN(CC(=O)N1CC[NH+](C)CC1)C(=O)c1cccc(Oc2ccccc2)c1. The van der Waals surface area contributed by atoms with Crippen molar-refractivity contribution in [2.24, 2.45) is 0 Å². The predicted molar refractivity (Wildman–Crippen MR) is 103 cm³/mol. The van der Waals surface area contributed by atoms with E-state index in [-0.39, 0.29) is 18.4 Å². The summed E-state index contributed by atoms with van der Waals surface area (Å²) in [5, 5.41) is 0. The second kappa shape index (κ2) is 8.68. The normalized spacial score (nSPS) is 14.7. The number of para-hydroxylation sites is 1. The van der Waals surface area contributed by atoms with E-state index in [2.05, 4.69) is 7.05 Å². The highest BCUT2D eigenvalue weighted by molar-refractivity contribution is 5.96. The maximum absolute atomic E-state index is 12.7. The predicted octanol–water partition coefficient (Wildman–Crippen LogP) is 0.908. The van der Waals surface area contributed by atoms with Crippen LogP contribution >= 0.6 is 0 Å². The Labute approximate surface area is 159 Å². The molecule has 1 heterocycles. The van der Waals surface area contributed by atoms with E-state index < -0.39 is 0 Å². The summed E-state index contributed by atoms with van der Waals surface area (Å²) in [4.78, 5) is 29.9. The first-order chi connectivity index (χ1) is 13.0. The second-order valence-electron chi connectivity index (χ2n) is 6.94. The molecule has 1 N–H and O–H groups in total. The second-order valence-corrected chi connectivity index (χ2v) is 6.94. The van der Waals surface area contributed by atoms with E-state index in [9.17, 15) is 9.59 Å². The van der Waals surface area contributed by atoms with E-state index in [4.69, 9.17) is 4.74 Å². The number of piperazine rings is 1. The molecule has 0 spiro atoms. The third-order valence-corrected chi connectivity index (χ3v) is 4.75. The smallest absolute Gasteiger partial charge is 0.254 e. The largest absolute Gasteiger partial charge is 0.457 e. The van der Waals surface area contributed by atoms with Gasteiger partial charge in [-0.05, 0) is 30.3 Å². The fraction of sp³-hybridized carbons (Fsp3) is 0.333. The molecule has 6 heteroatoms. The number of carbonyl (C=O) groups excluding carboxylic acids is 2. The number of likely N-dealkylation sites (N-methyl/N-ethyl adjacent to an activating group) is 2. The molecule has 2 aromatic carbocycles. The standard InChI is InChI=1S/C21H25N3O3/c1-22-11-13-24(14-12-22)20(25)16-23(2)21(26)17-7-6-10-19(15-17)27-18-8-4-3-5-9-18/h3-10,15H,11-14,16H2,1-2H3/p+1. The number of ether oxygens (including phenoxy) is 1. The molecular formula is C21H26N3O3+. The van der Waals surface area contributed by atoms with Crippen LogP contribution in [0, 0.1) is 0 Å². The van der Waals surface area contributed by atoms with Crippen molar-refractivity contribution >= 4 is 11.8 Å². The van der Waals surface area contributed by atoms with Gasteiger partial charge in [-0.3, -0.25) is 9.59 Å². The molecule has 0 radical (unpaired) electrons. The Morgan fingerprint density at radius 3 is 2.41 bits per heavy atom. The number of quaternary nitrogens is 1. The molecule has 1 aliphatic rings. The van der Waals surface area contributed by atoms with E-state index in [0.29, 0.717) is 17.1 Å². The van der Waals surface area contributed by atoms with Crippen molar-refractivity contribution in [1.29, 1.82) is 0 Å². The molecular weight excluding hydrogens is 342 g/mol. The van der Waals surface area contributed by atoms with Crippen LogP contribution in [0.5, 0.6) is 11.5 Å². The molecule has 1 fully saturated rings. The van der Waals surface area contributed by atoms with Gasteiger partial charge >= 0.3 is 0 Å². The van der Waals surface area contributed by atoms with Crippen LogP contribution in [0.4, 0.5) is 0 Å². The topological polar surface area (TPSA) is 54.3 Å². The fourth-order valence-corrected chi connectivity index (χ4v) is 3.05. The molecule has 2 amide bonds. The minimum absolute atomic E-state index is 0.00459. The Balaban J connectivity index is 1.61. The van der Waals surface area contributed by atoms with Crippen LogP contribution in [-0.4, -0.2) is 68.4 Å². The number of hydrogen-bond acceptors (Lipinski definition) is 3. The van der Waals surface area contributed by atoms with Crippen LogP contribution in [0.3, 0.4) is 0 Å². The van der Waals surface area contributed by atoms with Gasteiger partial charge in [-0.25, -0.2) is 0 Å². The minimum atomic E-state index is -0.193. The molecule has 142 valence electrons. The van der Waals surface area contributed by atoms with Gasteiger partial charge < -0.3 is 19.4 Å². The molecule has 0 saturated carbocycles. The number of benzene rings is 2. The van der Waals surface area contributed by atoms with Gasteiger partial charge in [-0.1, -0.05) is 24.3 Å². The third kappa shape index (κ3) is 5.08. The Hall–Kier alpha value is -2.86. The summed E-state index contributed by atoms with van der Waals surface area (Å²) in [6.07, 6.45) is 0. The molecule has 1 saturated heterocycles. The highest BCUT2D eigenvalue weighted by Gasteiger charge is 2.24. The number of nitrogens with zero attached hydrogens (tertiary/aromatic N) is 2. The van der Waals surface area contributed by atoms with Crippen molar-refractivity contribution in [2.75, 3.05) is 46.8 Å². The molecule has 0 bridgehead atoms. The van der Waals surface area contributed by atoms with Crippen molar-refractivity contribution in [2.45, 2.75) is 0 Å². The van der Waals surface area contributed by atoms with Crippen molar-refractivity contribution < 1.29 is 19.2 Å². The van der Waals surface area contributed by atoms with Gasteiger partial charge in [0, 0.05) is 12.6 Å². The third-order valence-electron chi connectivity index (χ3n) is 4.75. The van der Waals surface area contributed by atoms with Gasteiger partial charge in [-0.15, -0.1) is 0 Å². The first kappa shape index (κ1) is 18.9. The van der Waals surface area contributed by atoms with Gasteiger partial charge in [0.05, 0.1) is 39.8 Å². The van der Waals surface area contributed by atoms with E-state index in [1.54, 1.807) is 25.2 Å². The maximum Gasteiger partial charge on any atom is 0.254 e. The minimum Gasteiger partial charge on any atom is -0.457 e. The summed E-state index contributed by atoms with van der Waals surface area (Å²) in [6, 6.07) is 16.4. The number of rotatable bonds is 5. The van der Waals surface area contributed by atoms with E-state index in [1.807, 2.05) is 41.3 Å². The van der Waals surface area contributed by atoms with Crippen LogP contribution in [0.2, 0.25) is 0 Å². The monoisotopic (exact) mass is 368 g/mol. The van der Waals surface area contributed by atoms with Crippen molar-refractivity contribution in [1.82, 2.24) is 9.80 Å². The zero-order chi connectivity index (χ0) is 19.2. The molecule has 3 rings (SSSR count). The van der Waals surface area contributed by atoms with Crippen LogP contribution < -0.4 is 9.64 Å². The highest BCUT2D eigenvalue weighted by Crippen LogP contribution is 2.22. The lowest BCUT2D eigenvalue weighted by Gasteiger charge is -2.31. The van der Waals surface area contributed by atoms with Crippen LogP contribution in [0.1, 0.15) is 10.4 Å². The van der Waals surface area contributed by atoms with Gasteiger partial charge in [0.2, 0.25) is 5.91 Å². The Bertz CT molecular complexity index is 786. The Morgan fingerprint density at radius 1 is 1.04 bits per heavy atom. The van der Waals surface area contributed by atoms with E-state index in [0.717, 1.165) is 26.2 Å². The van der Waals surface area contributed by atoms with E-state index >= 15 is 0 Å². The molecule has 27 heavy (non-hydrogen) atoms. The number of nitrogens with one attached hydrogen (secondary N) is 1.